The van der Waals surface area contributed by atoms with Crippen LogP contribution in [0.1, 0.15) is 42.5 Å². The van der Waals surface area contributed by atoms with Gasteiger partial charge < -0.3 is 10.1 Å². The van der Waals surface area contributed by atoms with Crippen molar-refractivity contribution in [3.05, 3.63) is 89.2 Å². The van der Waals surface area contributed by atoms with Crippen LogP contribution in [0.5, 0.6) is 5.75 Å². The van der Waals surface area contributed by atoms with Crippen LogP contribution in [0.25, 0.3) is 0 Å². The van der Waals surface area contributed by atoms with Crippen molar-refractivity contribution in [2.75, 3.05) is 18.0 Å². The Morgan fingerprint density at radius 3 is 2.31 bits per heavy atom. The van der Waals surface area contributed by atoms with Gasteiger partial charge >= 0.3 is 0 Å². The number of sulfonamides is 1. The largest absolute Gasteiger partial charge is 0.497 e. The summed E-state index contributed by atoms with van der Waals surface area (Å²) in [6, 6.07) is 16.9. The fraction of sp³-hybridized carbons (Fsp3) is 0.296. The number of fused-ring (bicyclic) bond motifs is 1. The van der Waals surface area contributed by atoms with E-state index in [0.29, 0.717) is 5.75 Å². The highest BCUT2D eigenvalue weighted by Gasteiger charge is 2.28. The van der Waals surface area contributed by atoms with Gasteiger partial charge in [-0.25, -0.2) is 12.8 Å². The molecule has 1 atom stereocenters. The van der Waals surface area contributed by atoms with Gasteiger partial charge in [-0.3, -0.25) is 9.10 Å². The van der Waals surface area contributed by atoms with Crippen LogP contribution in [0, 0.1) is 5.82 Å². The molecule has 0 fully saturated rings. The van der Waals surface area contributed by atoms with Crippen LogP contribution in [0.15, 0.2) is 71.6 Å². The van der Waals surface area contributed by atoms with E-state index >= 15 is 0 Å². The lowest BCUT2D eigenvalue weighted by Crippen LogP contribution is -2.41. The molecule has 0 spiro atoms. The summed E-state index contributed by atoms with van der Waals surface area (Å²) in [5, 5.41) is 2.92. The molecule has 0 aromatic heterocycles. The Bertz CT molecular complexity index is 1290. The third kappa shape index (κ3) is 5.65. The zero-order valence-electron chi connectivity index (χ0n) is 19.8. The normalized spacial score (nSPS) is 14.0. The van der Waals surface area contributed by atoms with E-state index in [1.54, 1.807) is 0 Å². The Balaban J connectivity index is 1.56. The number of rotatable bonds is 8. The molecule has 6 nitrogen and oxygen atoms in total. The Hall–Kier alpha value is -3.39. The van der Waals surface area contributed by atoms with Crippen LogP contribution >= 0.6 is 0 Å². The maximum absolute atomic E-state index is 13.5. The molecule has 3 aromatic carbocycles. The molecular weight excluding hydrogens is 467 g/mol. The summed E-state index contributed by atoms with van der Waals surface area (Å²) in [6.45, 7) is 1.43. The Kier molecular flexibility index (Phi) is 7.40. The number of nitrogens with one attached hydrogen (secondary N) is 1. The SMILES string of the molecule is COc1ccc(S(=O)(=O)N(CC(=O)N[C@H](C)c2ccc3c(c2)CCCC3)c2ccc(F)cc2)cc1. The second-order valence-corrected chi connectivity index (χ2v) is 10.6. The molecule has 8 heteroatoms. The molecule has 0 saturated carbocycles. The third-order valence-corrected chi connectivity index (χ3v) is 8.09. The van der Waals surface area contributed by atoms with Crippen molar-refractivity contribution < 1.29 is 22.3 Å². The number of amides is 1. The molecule has 35 heavy (non-hydrogen) atoms. The minimum absolute atomic E-state index is 0.00170. The van der Waals surface area contributed by atoms with Crippen molar-refractivity contribution in [2.24, 2.45) is 0 Å². The minimum atomic E-state index is -4.11. The second kappa shape index (κ2) is 10.5. The van der Waals surface area contributed by atoms with Gasteiger partial charge in [0.05, 0.1) is 23.7 Å². The zero-order valence-corrected chi connectivity index (χ0v) is 20.6. The predicted molar refractivity (Wildman–Crippen MR) is 134 cm³/mol. The van der Waals surface area contributed by atoms with Gasteiger partial charge in [-0.1, -0.05) is 18.2 Å². The molecule has 0 saturated heterocycles. The van der Waals surface area contributed by atoms with Crippen molar-refractivity contribution in [1.82, 2.24) is 5.32 Å². The summed E-state index contributed by atoms with van der Waals surface area (Å²) in [6.07, 6.45) is 4.46. The van der Waals surface area contributed by atoms with Gasteiger partial charge in [0.25, 0.3) is 10.0 Å². The first-order chi connectivity index (χ1) is 16.8. The number of methoxy groups -OCH3 is 1. The van der Waals surface area contributed by atoms with Gasteiger partial charge in [-0.2, -0.15) is 0 Å². The third-order valence-electron chi connectivity index (χ3n) is 6.30. The van der Waals surface area contributed by atoms with Crippen molar-refractivity contribution >= 4 is 21.6 Å². The molecule has 0 unspecified atom stereocenters. The molecule has 1 N–H and O–H groups in total. The van der Waals surface area contributed by atoms with Gasteiger partial charge in [-0.15, -0.1) is 0 Å². The van der Waals surface area contributed by atoms with Crippen LogP contribution in [-0.4, -0.2) is 28.0 Å². The highest BCUT2D eigenvalue weighted by Crippen LogP contribution is 2.27. The summed E-state index contributed by atoms with van der Waals surface area (Å²) in [5.41, 5.74) is 3.83. The molecular formula is C27H29FN2O4S. The quantitative estimate of drug-likeness (QED) is 0.487. The van der Waals surface area contributed by atoms with Gasteiger partial charge in [0.2, 0.25) is 5.91 Å². The van der Waals surface area contributed by atoms with Crippen molar-refractivity contribution in [3.63, 3.8) is 0 Å². The molecule has 0 aliphatic heterocycles. The smallest absolute Gasteiger partial charge is 0.264 e. The minimum Gasteiger partial charge on any atom is -0.497 e. The molecule has 1 aliphatic carbocycles. The first-order valence-electron chi connectivity index (χ1n) is 11.6. The summed E-state index contributed by atoms with van der Waals surface area (Å²) < 4.78 is 46.6. The van der Waals surface area contributed by atoms with Gasteiger partial charge in [-0.05, 0) is 97.8 Å². The van der Waals surface area contributed by atoms with E-state index in [4.69, 9.17) is 4.74 Å². The summed E-state index contributed by atoms with van der Waals surface area (Å²) in [7, 11) is -2.62. The number of benzene rings is 3. The first kappa shape index (κ1) is 24.7. The van der Waals surface area contributed by atoms with Gasteiger partial charge in [0, 0.05) is 0 Å². The van der Waals surface area contributed by atoms with E-state index in [9.17, 15) is 17.6 Å². The lowest BCUT2D eigenvalue weighted by atomic mass is 9.89. The van der Waals surface area contributed by atoms with Crippen LogP contribution in [0.4, 0.5) is 10.1 Å². The maximum atomic E-state index is 13.5. The highest BCUT2D eigenvalue weighted by atomic mass is 32.2. The molecule has 0 radical (unpaired) electrons. The molecule has 184 valence electrons. The van der Waals surface area contributed by atoms with Crippen molar-refractivity contribution in [1.29, 1.82) is 0 Å². The first-order valence-corrected chi connectivity index (χ1v) is 13.1. The van der Waals surface area contributed by atoms with E-state index in [1.807, 2.05) is 13.0 Å². The topological polar surface area (TPSA) is 75.7 Å². The molecule has 1 amide bonds. The summed E-state index contributed by atoms with van der Waals surface area (Å²) >= 11 is 0. The highest BCUT2D eigenvalue weighted by molar-refractivity contribution is 7.92. The standard InChI is InChI=1S/C27H29FN2O4S/c1-19(21-8-7-20-5-3-4-6-22(20)17-21)29-27(31)18-30(24-11-9-23(28)10-12-24)35(32,33)26-15-13-25(34-2)14-16-26/h7-17,19H,3-6,18H2,1-2H3,(H,29,31)/t19-/m1/s1. The molecule has 1 aliphatic rings. The fourth-order valence-electron chi connectivity index (χ4n) is 4.32. The average molecular weight is 497 g/mol. The number of hydrogen-bond donors (Lipinski definition) is 1. The van der Waals surface area contributed by atoms with E-state index in [2.05, 4.69) is 17.4 Å². The van der Waals surface area contributed by atoms with Crippen molar-refractivity contribution in [3.8, 4) is 5.75 Å². The molecule has 3 aromatic rings. The van der Waals surface area contributed by atoms with E-state index < -0.39 is 28.3 Å². The summed E-state index contributed by atoms with van der Waals surface area (Å²) in [4.78, 5) is 13.0. The maximum Gasteiger partial charge on any atom is 0.264 e. The number of ether oxygens (including phenoxy) is 1. The Morgan fingerprint density at radius 2 is 1.66 bits per heavy atom. The number of carbonyl (C=O) groups excluding carboxylic acids is 1. The van der Waals surface area contributed by atoms with Gasteiger partial charge in [0.1, 0.15) is 18.1 Å². The number of nitrogens with zero attached hydrogens (tertiary/aromatic N) is 1. The Morgan fingerprint density at radius 1 is 1.00 bits per heavy atom. The zero-order chi connectivity index (χ0) is 25.0. The van der Waals surface area contributed by atoms with Crippen LogP contribution in [0.2, 0.25) is 0 Å². The molecule has 4 rings (SSSR count). The average Bonchev–Trinajstić information content (AvgIpc) is 2.87. The number of hydrogen-bond acceptors (Lipinski definition) is 4. The van der Waals surface area contributed by atoms with Crippen molar-refractivity contribution in [2.45, 2.75) is 43.5 Å². The van der Waals surface area contributed by atoms with Gasteiger partial charge in [0.15, 0.2) is 0 Å². The number of halogens is 1. The fourth-order valence-corrected chi connectivity index (χ4v) is 5.74. The number of carbonyl (C=O) groups is 1. The second-order valence-electron chi connectivity index (χ2n) is 8.69. The molecule has 0 bridgehead atoms. The predicted octanol–water partition coefficient (Wildman–Crippen LogP) is 4.79. The lowest BCUT2D eigenvalue weighted by molar-refractivity contribution is -0.120. The van der Waals surface area contributed by atoms with Crippen LogP contribution in [-0.2, 0) is 27.7 Å². The summed E-state index contributed by atoms with van der Waals surface area (Å²) in [5.74, 6) is -0.452. The van der Waals surface area contributed by atoms with E-state index in [-0.39, 0.29) is 16.6 Å². The monoisotopic (exact) mass is 496 g/mol. The van der Waals surface area contributed by atoms with E-state index in [0.717, 1.165) is 29.1 Å². The van der Waals surface area contributed by atoms with Crippen LogP contribution in [0.3, 0.4) is 0 Å². The number of anilines is 1. The molecule has 0 heterocycles. The van der Waals surface area contributed by atoms with E-state index in [1.165, 1.54) is 73.2 Å². The number of aryl methyl sites for hydroxylation is 2. The van der Waals surface area contributed by atoms with Crippen LogP contribution < -0.4 is 14.4 Å². The Labute approximate surface area is 205 Å². The lowest BCUT2D eigenvalue weighted by Gasteiger charge is -2.25.